The van der Waals surface area contributed by atoms with E-state index in [1.165, 1.54) is 6.07 Å². The van der Waals surface area contributed by atoms with Crippen molar-refractivity contribution in [3.05, 3.63) is 60.2 Å². The molecule has 2 rings (SSSR count). The summed E-state index contributed by atoms with van der Waals surface area (Å²) in [5.41, 5.74) is 5.12. The smallest absolute Gasteiger partial charge is 0.342 e. The molecule has 0 aliphatic heterocycles. The SMILES string of the molecule is CC(C)[C@H](OC(=O)c1ccccc1OCCOc1ccccc1)C(=O)NC(N)=O. The summed E-state index contributed by atoms with van der Waals surface area (Å²) in [5.74, 6) is -0.889. The van der Waals surface area contributed by atoms with Crippen molar-refractivity contribution >= 4 is 17.9 Å². The molecule has 29 heavy (non-hydrogen) atoms. The van der Waals surface area contributed by atoms with Gasteiger partial charge in [0, 0.05) is 0 Å². The second kappa shape index (κ2) is 10.7. The molecule has 0 aliphatic rings. The van der Waals surface area contributed by atoms with Crippen LogP contribution in [0.2, 0.25) is 0 Å². The van der Waals surface area contributed by atoms with E-state index in [1.54, 1.807) is 32.0 Å². The summed E-state index contributed by atoms with van der Waals surface area (Å²) in [6.45, 7) is 3.85. The number of urea groups is 1. The Morgan fingerprint density at radius 1 is 0.931 bits per heavy atom. The molecule has 0 aromatic heterocycles. The van der Waals surface area contributed by atoms with Crippen LogP contribution in [0, 0.1) is 5.92 Å². The summed E-state index contributed by atoms with van der Waals surface area (Å²) in [6, 6.07) is 14.8. The molecule has 0 radical (unpaired) electrons. The van der Waals surface area contributed by atoms with E-state index in [9.17, 15) is 14.4 Å². The third-order valence-corrected chi connectivity index (χ3v) is 3.80. The van der Waals surface area contributed by atoms with Gasteiger partial charge in [-0.05, 0) is 30.2 Å². The molecule has 0 saturated heterocycles. The maximum atomic E-state index is 12.6. The van der Waals surface area contributed by atoms with Crippen molar-refractivity contribution in [2.45, 2.75) is 20.0 Å². The number of carbonyl (C=O) groups is 3. The highest BCUT2D eigenvalue weighted by Crippen LogP contribution is 2.21. The number of nitrogens with two attached hydrogens (primary N) is 1. The van der Waals surface area contributed by atoms with Gasteiger partial charge in [0.1, 0.15) is 30.3 Å². The Labute approximate surface area is 168 Å². The number of primary amides is 1. The highest BCUT2D eigenvalue weighted by Gasteiger charge is 2.28. The van der Waals surface area contributed by atoms with Crippen LogP contribution in [0.1, 0.15) is 24.2 Å². The van der Waals surface area contributed by atoms with Crippen LogP contribution in [0.25, 0.3) is 0 Å². The summed E-state index contributed by atoms with van der Waals surface area (Å²) in [4.78, 5) is 35.6. The van der Waals surface area contributed by atoms with Gasteiger partial charge in [-0.2, -0.15) is 0 Å². The van der Waals surface area contributed by atoms with E-state index in [0.29, 0.717) is 11.5 Å². The van der Waals surface area contributed by atoms with Crippen molar-refractivity contribution in [2.24, 2.45) is 11.7 Å². The largest absolute Gasteiger partial charge is 0.490 e. The molecular weight excluding hydrogens is 376 g/mol. The van der Waals surface area contributed by atoms with Gasteiger partial charge in [0.15, 0.2) is 6.10 Å². The van der Waals surface area contributed by atoms with Crippen molar-refractivity contribution < 1.29 is 28.6 Å². The Morgan fingerprint density at radius 3 is 2.21 bits per heavy atom. The predicted molar refractivity (Wildman–Crippen MR) is 106 cm³/mol. The average molecular weight is 400 g/mol. The van der Waals surface area contributed by atoms with Crippen LogP contribution in [-0.4, -0.2) is 37.2 Å². The van der Waals surface area contributed by atoms with Crippen molar-refractivity contribution in [1.29, 1.82) is 0 Å². The Hall–Kier alpha value is -3.55. The van der Waals surface area contributed by atoms with Crippen LogP contribution in [0.5, 0.6) is 11.5 Å². The van der Waals surface area contributed by atoms with E-state index in [0.717, 1.165) is 0 Å². The Balaban J connectivity index is 1.99. The van der Waals surface area contributed by atoms with Crippen LogP contribution in [-0.2, 0) is 9.53 Å². The molecule has 3 amide bonds. The molecule has 2 aromatic carbocycles. The summed E-state index contributed by atoms with van der Waals surface area (Å²) in [5, 5.41) is 1.93. The van der Waals surface area contributed by atoms with Gasteiger partial charge < -0.3 is 19.9 Å². The summed E-state index contributed by atoms with van der Waals surface area (Å²) < 4.78 is 16.5. The number of imide groups is 1. The fourth-order valence-electron chi connectivity index (χ4n) is 2.45. The van der Waals surface area contributed by atoms with Gasteiger partial charge in [-0.3, -0.25) is 10.1 Å². The summed E-state index contributed by atoms with van der Waals surface area (Å²) in [7, 11) is 0. The molecule has 1 atom stereocenters. The van der Waals surface area contributed by atoms with Crippen LogP contribution < -0.4 is 20.5 Å². The van der Waals surface area contributed by atoms with Gasteiger partial charge in [-0.25, -0.2) is 9.59 Å². The number of para-hydroxylation sites is 2. The first kappa shape index (κ1) is 21.7. The molecule has 0 fully saturated rings. The molecule has 0 heterocycles. The maximum Gasteiger partial charge on any atom is 0.342 e. The Kier molecular flexibility index (Phi) is 8.02. The first-order chi connectivity index (χ1) is 13.9. The van der Waals surface area contributed by atoms with Gasteiger partial charge in [-0.15, -0.1) is 0 Å². The van der Waals surface area contributed by atoms with Crippen LogP contribution >= 0.6 is 0 Å². The second-order valence-electron chi connectivity index (χ2n) is 6.43. The van der Waals surface area contributed by atoms with Crippen LogP contribution in [0.15, 0.2) is 54.6 Å². The summed E-state index contributed by atoms with van der Waals surface area (Å²) in [6.07, 6.45) is -1.18. The van der Waals surface area contributed by atoms with E-state index < -0.39 is 24.0 Å². The molecule has 8 nitrogen and oxygen atoms in total. The lowest BCUT2D eigenvalue weighted by Gasteiger charge is -2.20. The van der Waals surface area contributed by atoms with E-state index >= 15 is 0 Å². The first-order valence-electron chi connectivity index (χ1n) is 9.09. The zero-order valence-corrected chi connectivity index (χ0v) is 16.3. The number of rotatable bonds is 9. The van der Waals surface area contributed by atoms with Crippen molar-refractivity contribution in [2.75, 3.05) is 13.2 Å². The van der Waals surface area contributed by atoms with Crippen molar-refractivity contribution in [3.8, 4) is 11.5 Å². The fourth-order valence-corrected chi connectivity index (χ4v) is 2.45. The number of hydrogen-bond acceptors (Lipinski definition) is 6. The molecule has 0 aliphatic carbocycles. The minimum atomic E-state index is -1.18. The van der Waals surface area contributed by atoms with E-state index in [4.69, 9.17) is 19.9 Å². The minimum absolute atomic E-state index is 0.157. The van der Waals surface area contributed by atoms with Crippen molar-refractivity contribution in [3.63, 3.8) is 0 Å². The zero-order chi connectivity index (χ0) is 21.2. The third-order valence-electron chi connectivity index (χ3n) is 3.80. The summed E-state index contributed by atoms with van der Waals surface area (Å²) >= 11 is 0. The van der Waals surface area contributed by atoms with Gasteiger partial charge in [0.2, 0.25) is 0 Å². The van der Waals surface area contributed by atoms with Gasteiger partial charge in [-0.1, -0.05) is 44.2 Å². The Morgan fingerprint density at radius 2 is 1.55 bits per heavy atom. The zero-order valence-electron chi connectivity index (χ0n) is 16.3. The number of ether oxygens (including phenoxy) is 3. The highest BCUT2D eigenvalue weighted by atomic mass is 16.6. The lowest BCUT2D eigenvalue weighted by atomic mass is 10.1. The second-order valence-corrected chi connectivity index (χ2v) is 6.43. The minimum Gasteiger partial charge on any atom is -0.490 e. The molecular formula is C21H24N2O6. The normalized spacial score (nSPS) is 11.4. The Bertz CT molecular complexity index is 838. The molecule has 0 unspecified atom stereocenters. The van der Waals surface area contributed by atoms with Crippen LogP contribution in [0.4, 0.5) is 4.79 Å². The monoisotopic (exact) mass is 400 g/mol. The van der Waals surface area contributed by atoms with Gasteiger partial charge >= 0.3 is 12.0 Å². The highest BCUT2D eigenvalue weighted by molar-refractivity contribution is 5.99. The molecule has 0 bridgehead atoms. The van der Waals surface area contributed by atoms with Gasteiger partial charge in [0.25, 0.3) is 5.91 Å². The number of hydrogen-bond donors (Lipinski definition) is 2. The third kappa shape index (κ3) is 6.84. The number of nitrogens with one attached hydrogen (secondary N) is 1. The number of esters is 1. The fraction of sp³-hybridized carbons (Fsp3) is 0.286. The van der Waals surface area contributed by atoms with Gasteiger partial charge in [0.05, 0.1) is 0 Å². The van der Waals surface area contributed by atoms with E-state index in [-0.39, 0.29) is 24.7 Å². The van der Waals surface area contributed by atoms with E-state index in [2.05, 4.69) is 0 Å². The maximum absolute atomic E-state index is 12.6. The molecule has 2 aromatic rings. The van der Waals surface area contributed by atoms with Crippen molar-refractivity contribution in [1.82, 2.24) is 5.32 Å². The average Bonchev–Trinajstić information content (AvgIpc) is 2.69. The molecule has 154 valence electrons. The lowest BCUT2D eigenvalue weighted by Crippen LogP contribution is -2.45. The lowest BCUT2D eigenvalue weighted by molar-refractivity contribution is -0.130. The molecule has 8 heteroatoms. The molecule has 0 spiro atoms. The number of amides is 3. The predicted octanol–water partition coefficient (Wildman–Crippen LogP) is 2.52. The quantitative estimate of drug-likeness (QED) is 0.493. The standard InChI is InChI=1S/C21H24N2O6/c1-14(2)18(19(24)23-21(22)26)29-20(25)16-10-6-7-11-17(16)28-13-12-27-15-8-4-3-5-9-15/h3-11,14,18H,12-13H2,1-2H3,(H3,22,23,24,26)/t18-/m0/s1. The topological polar surface area (TPSA) is 117 Å². The van der Waals surface area contributed by atoms with Crippen LogP contribution in [0.3, 0.4) is 0 Å². The molecule has 0 saturated carbocycles. The number of carbonyl (C=O) groups excluding carboxylic acids is 3. The number of benzene rings is 2. The molecule has 3 N–H and O–H groups in total. The first-order valence-corrected chi connectivity index (χ1v) is 9.09. The van der Waals surface area contributed by atoms with E-state index in [1.807, 2.05) is 35.6 Å².